The Balaban J connectivity index is 1.58. The van der Waals surface area contributed by atoms with Crippen molar-refractivity contribution in [1.82, 2.24) is 10.6 Å². The molecule has 0 aliphatic heterocycles. The molecular weight excluding hydrogens is 276 g/mol. The summed E-state index contributed by atoms with van der Waals surface area (Å²) in [6.45, 7) is 2.40. The second-order valence-electron chi connectivity index (χ2n) is 5.22. The largest absolute Gasteiger partial charge is 0.459 e. The van der Waals surface area contributed by atoms with E-state index in [1.807, 2.05) is 67.6 Å². The van der Waals surface area contributed by atoms with Crippen LogP contribution in [0.2, 0.25) is 0 Å². The van der Waals surface area contributed by atoms with Gasteiger partial charge in [-0.25, -0.2) is 4.79 Å². The van der Waals surface area contributed by atoms with Crippen molar-refractivity contribution in [1.29, 1.82) is 0 Å². The molecule has 3 rings (SSSR count). The minimum atomic E-state index is -0.211. The monoisotopic (exact) mass is 294 g/mol. The zero-order valence-corrected chi connectivity index (χ0v) is 12.4. The van der Waals surface area contributed by atoms with E-state index in [2.05, 4.69) is 10.6 Å². The number of furan rings is 1. The van der Waals surface area contributed by atoms with E-state index < -0.39 is 0 Å². The van der Waals surface area contributed by atoms with Crippen LogP contribution in [0, 0.1) is 0 Å². The molecule has 1 heterocycles. The van der Waals surface area contributed by atoms with Crippen LogP contribution in [0.4, 0.5) is 4.79 Å². The molecule has 0 saturated heterocycles. The fourth-order valence-electron chi connectivity index (χ4n) is 2.31. The van der Waals surface area contributed by atoms with Gasteiger partial charge in [-0.2, -0.15) is 0 Å². The lowest BCUT2D eigenvalue weighted by Gasteiger charge is -2.12. The lowest BCUT2D eigenvalue weighted by molar-refractivity contribution is 0.236. The number of hydrogen-bond acceptors (Lipinski definition) is 2. The Morgan fingerprint density at radius 3 is 2.59 bits per heavy atom. The fraction of sp³-hybridized carbons (Fsp3) is 0.167. The van der Waals surface area contributed by atoms with Crippen molar-refractivity contribution in [2.24, 2.45) is 0 Å². The molecule has 3 aromatic rings. The standard InChI is InChI=1S/C18H18N2O2/c1-13(17-11-15-9-5-6-10-16(15)22-17)20-18(21)19-12-14-7-3-2-4-8-14/h2-11,13H,12H2,1H3,(H2,19,20,21). The molecule has 4 heteroatoms. The first-order valence-electron chi connectivity index (χ1n) is 7.29. The molecule has 22 heavy (non-hydrogen) atoms. The SMILES string of the molecule is CC(NC(=O)NCc1ccccc1)c1cc2ccccc2o1. The van der Waals surface area contributed by atoms with E-state index in [0.717, 1.165) is 22.3 Å². The van der Waals surface area contributed by atoms with Crippen molar-refractivity contribution in [3.8, 4) is 0 Å². The first-order chi connectivity index (χ1) is 10.7. The van der Waals surface area contributed by atoms with Crippen LogP contribution in [0.5, 0.6) is 0 Å². The number of amides is 2. The molecule has 0 aliphatic rings. The van der Waals surface area contributed by atoms with Gasteiger partial charge in [0.2, 0.25) is 0 Å². The van der Waals surface area contributed by atoms with E-state index in [0.29, 0.717) is 6.54 Å². The molecule has 112 valence electrons. The number of carbonyl (C=O) groups is 1. The average molecular weight is 294 g/mol. The highest BCUT2D eigenvalue weighted by Gasteiger charge is 2.13. The van der Waals surface area contributed by atoms with Crippen molar-refractivity contribution < 1.29 is 9.21 Å². The highest BCUT2D eigenvalue weighted by atomic mass is 16.3. The Morgan fingerprint density at radius 2 is 1.82 bits per heavy atom. The van der Waals surface area contributed by atoms with Gasteiger partial charge in [0.15, 0.2) is 0 Å². The van der Waals surface area contributed by atoms with Gasteiger partial charge in [0.1, 0.15) is 11.3 Å². The zero-order valence-electron chi connectivity index (χ0n) is 12.4. The summed E-state index contributed by atoms with van der Waals surface area (Å²) in [6.07, 6.45) is 0. The lowest BCUT2D eigenvalue weighted by atomic mass is 10.2. The summed E-state index contributed by atoms with van der Waals surface area (Å²) < 4.78 is 5.75. The molecule has 4 nitrogen and oxygen atoms in total. The van der Waals surface area contributed by atoms with Crippen LogP contribution in [0.3, 0.4) is 0 Å². The second kappa shape index (κ2) is 6.35. The fourth-order valence-corrected chi connectivity index (χ4v) is 2.31. The van der Waals surface area contributed by atoms with Crippen LogP contribution in [0.1, 0.15) is 24.3 Å². The maximum absolute atomic E-state index is 12.0. The van der Waals surface area contributed by atoms with Gasteiger partial charge in [-0.1, -0.05) is 48.5 Å². The molecule has 2 N–H and O–H groups in total. The molecule has 0 fully saturated rings. The highest BCUT2D eigenvalue weighted by Crippen LogP contribution is 2.23. The smallest absolute Gasteiger partial charge is 0.315 e. The van der Waals surface area contributed by atoms with Gasteiger partial charge >= 0.3 is 6.03 Å². The highest BCUT2D eigenvalue weighted by molar-refractivity contribution is 5.78. The van der Waals surface area contributed by atoms with Crippen molar-refractivity contribution >= 4 is 17.0 Å². The number of para-hydroxylation sites is 1. The summed E-state index contributed by atoms with van der Waals surface area (Å²) in [5.74, 6) is 0.746. The zero-order chi connectivity index (χ0) is 15.4. The van der Waals surface area contributed by atoms with Crippen LogP contribution >= 0.6 is 0 Å². The second-order valence-corrected chi connectivity index (χ2v) is 5.22. The predicted octanol–water partition coefficient (Wildman–Crippen LogP) is 3.99. The Kier molecular flexibility index (Phi) is 4.10. The molecule has 0 aliphatic carbocycles. The first-order valence-corrected chi connectivity index (χ1v) is 7.29. The van der Waals surface area contributed by atoms with Gasteiger partial charge in [0.05, 0.1) is 6.04 Å². The summed E-state index contributed by atoms with van der Waals surface area (Å²) >= 11 is 0. The van der Waals surface area contributed by atoms with E-state index in [-0.39, 0.29) is 12.1 Å². The lowest BCUT2D eigenvalue weighted by Crippen LogP contribution is -2.36. The van der Waals surface area contributed by atoms with Gasteiger partial charge < -0.3 is 15.1 Å². The minimum absolute atomic E-state index is 0.192. The topological polar surface area (TPSA) is 54.3 Å². The maximum atomic E-state index is 12.0. The van der Waals surface area contributed by atoms with Crippen molar-refractivity contribution in [2.75, 3.05) is 0 Å². The molecule has 1 unspecified atom stereocenters. The predicted molar refractivity (Wildman–Crippen MR) is 86.4 cm³/mol. The van der Waals surface area contributed by atoms with Crippen LogP contribution in [0.25, 0.3) is 11.0 Å². The summed E-state index contributed by atoms with van der Waals surface area (Å²) in [5.41, 5.74) is 1.89. The van der Waals surface area contributed by atoms with Crippen LogP contribution in [-0.4, -0.2) is 6.03 Å². The number of hydrogen-bond donors (Lipinski definition) is 2. The van der Waals surface area contributed by atoms with Crippen LogP contribution < -0.4 is 10.6 Å². The van der Waals surface area contributed by atoms with E-state index >= 15 is 0 Å². The molecule has 1 atom stereocenters. The maximum Gasteiger partial charge on any atom is 0.315 e. The first kappa shape index (κ1) is 14.2. The summed E-state index contributed by atoms with van der Waals surface area (Å²) in [5, 5.41) is 6.76. The Morgan fingerprint density at radius 1 is 1.09 bits per heavy atom. The van der Waals surface area contributed by atoms with E-state index in [1.54, 1.807) is 0 Å². The van der Waals surface area contributed by atoms with Crippen molar-refractivity contribution in [3.63, 3.8) is 0 Å². The van der Waals surface area contributed by atoms with Crippen molar-refractivity contribution in [3.05, 3.63) is 72.0 Å². The molecule has 1 aromatic heterocycles. The van der Waals surface area contributed by atoms with Gasteiger partial charge in [-0.15, -0.1) is 0 Å². The van der Waals surface area contributed by atoms with Crippen LogP contribution in [-0.2, 0) is 6.54 Å². The number of fused-ring (bicyclic) bond motifs is 1. The molecule has 2 aromatic carbocycles. The minimum Gasteiger partial charge on any atom is -0.459 e. The Hall–Kier alpha value is -2.75. The average Bonchev–Trinajstić information content (AvgIpc) is 2.98. The van der Waals surface area contributed by atoms with E-state index in [1.165, 1.54) is 0 Å². The van der Waals surface area contributed by atoms with Gasteiger partial charge in [-0.05, 0) is 24.6 Å². The number of carbonyl (C=O) groups excluding carboxylic acids is 1. The normalized spacial score (nSPS) is 12.0. The summed E-state index contributed by atoms with van der Waals surface area (Å²) in [4.78, 5) is 12.0. The van der Waals surface area contributed by atoms with Gasteiger partial charge in [0, 0.05) is 11.9 Å². The molecule has 0 bridgehead atoms. The number of rotatable bonds is 4. The van der Waals surface area contributed by atoms with Gasteiger partial charge in [-0.3, -0.25) is 0 Å². The number of urea groups is 1. The number of nitrogens with one attached hydrogen (secondary N) is 2. The summed E-state index contributed by atoms with van der Waals surface area (Å²) in [7, 11) is 0. The molecule has 0 spiro atoms. The van der Waals surface area contributed by atoms with Crippen molar-refractivity contribution in [2.45, 2.75) is 19.5 Å². The summed E-state index contributed by atoms with van der Waals surface area (Å²) in [6, 6.07) is 19.2. The third kappa shape index (κ3) is 3.28. The van der Waals surface area contributed by atoms with E-state index in [4.69, 9.17) is 4.42 Å². The number of benzene rings is 2. The molecule has 0 saturated carbocycles. The molecule has 2 amide bonds. The Bertz CT molecular complexity index is 732. The molecular formula is C18H18N2O2. The van der Waals surface area contributed by atoms with Crippen LogP contribution in [0.15, 0.2) is 65.1 Å². The third-order valence-corrected chi connectivity index (χ3v) is 3.51. The Labute approximate surface area is 129 Å². The third-order valence-electron chi connectivity index (χ3n) is 3.51. The molecule has 0 radical (unpaired) electrons. The van der Waals surface area contributed by atoms with Gasteiger partial charge in [0.25, 0.3) is 0 Å². The van der Waals surface area contributed by atoms with E-state index in [9.17, 15) is 4.79 Å². The quantitative estimate of drug-likeness (QED) is 0.764.